The Hall–Kier alpha value is -1.98. The molecule has 116 valence electrons. The fraction of sp³-hybridized carbons (Fsp3) is 0.235. The first-order valence-electron chi connectivity index (χ1n) is 6.88. The third-order valence-electron chi connectivity index (χ3n) is 3.32. The summed E-state index contributed by atoms with van der Waals surface area (Å²) in [5.74, 6) is -0.226. The molecule has 22 heavy (non-hydrogen) atoms. The fourth-order valence-corrected chi connectivity index (χ4v) is 2.33. The van der Waals surface area contributed by atoms with Gasteiger partial charge in [-0.05, 0) is 58.5 Å². The van der Waals surface area contributed by atoms with E-state index in [4.69, 9.17) is 0 Å². The van der Waals surface area contributed by atoms with E-state index in [-0.39, 0.29) is 16.2 Å². The Balaban J connectivity index is 2.10. The molecule has 0 aliphatic heterocycles. The molecule has 2 aromatic rings. The summed E-state index contributed by atoms with van der Waals surface area (Å²) >= 11 is -2.26. The lowest BCUT2D eigenvalue weighted by Crippen LogP contribution is -2.14. The second kappa shape index (κ2) is 6.42. The van der Waals surface area contributed by atoms with Crippen molar-refractivity contribution in [2.75, 3.05) is 5.32 Å². The maximum Gasteiger partial charge on any atom is 0.255 e. The topological polar surface area (TPSA) is 69.2 Å². The first-order chi connectivity index (χ1) is 10.3. The summed E-state index contributed by atoms with van der Waals surface area (Å²) in [7, 11) is 0. The van der Waals surface area contributed by atoms with Gasteiger partial charge in [-0.15, -0.1) is 0 Å². The van der Waals surface area contributed by atoms with Gasteiger partial charge in [0.1, 0.15) is 0 Å². The Morgan fingerprint density at radius 1 is 1.00 bits per heavy atom. The van der Waals surface area contributed by atoms with Crippen LogP contribution in [0.3, 0.4) is 0 Å². The van der Waals surface area contributed by atoms with Crippen LogP contribution in [0.2, 0.25) is 0 Å². The molecular weight excluding hydrogens is 298 g/mol. The highest BCUT2D eigenvalue weighted by atomic mass is 32.2. The molecule has 1 amide bonds. The lowest BCUT2D eigenvalue weighted by atomic mass is 9.87. The van der Waals surface area contributed by atoms with E-state index in [1.165, 1.54) is 12.1 Å². The van der Waals surface area contributed by atoms with Gasteiger partial charge >= 0.3 is 0 Å². The second-order valence-electron chi connectivity index (χ2n) is 6.04. The van der Waals surface area contributed by atoms with Gasteiger partial charge in [-0.25, -0.2) is 0 Å². The zero-order valence-electron chi connectivity index (χ0n) is 12.8. The largest absolute Gasteiger partial charge is 0.768 e. The zero-order valence-corrected chi connectivity index (χ0v) is 13.6. The predicted molar refractivity (Wildman–Crippen MR) is 86.7 cm³/mol. The monoisotopic (exact) mass is 316 g/mol. The fourth-order valence-electron chi connectivity index (χ4n) is 1.97. The van der Waals surface area contributed by atoms with Gasteiger partial charge in [0.25, 0.3) is 5.91 Å². The predicted octanol–water partition coefficient (Wildman–Crippen LogP) is 3.47. The molecule has 2 rings (SSSR count). The maximum atomic E-state index is 12.2. The molecule has 1 atom stereocenters. The number of anilines is 1. The third-order valence-corrected chi connectivity index (χ3v) is 3.97. The molecule has 0 aliphatic rings. The highest BCUT2D eigenvalue weighted by molar-refractivity contribution is 7.79. The van der Waals surface area contributed by atoms with E-state index >= 15 is 0 Å². The van der Waals surface area contributed by atoms with Crippen molar-refractivity contribution in [2.24, 2.45) is 0 Å². The maximum absolute atomic E-state index is 12.2. The van der Waals surface area contributed by atoms with Crippen LogP contribution in [0.1, 0.15) is 36.7 Å². The van der Waals surface area contributed by atoms with Crippen LogP contribution in [0.15, 0.2) is 53.4 Å². The van der Waals surface area contributed by atoms with E-state index in [1.54, 1.807) is 24.3 Å². The van der Waals surface area contributed by atoms with Crippen LogP contribution < -0.4 is 5.32 Å². The molecule has 5 heteroatoms. The molecule has 4 nitrogen and oxygen atoms in total. The second-order valence-corrected chi connectivity index (χ2v) is 6.98. The minimum absolute atomic E-state index is 0.0405. The van der Waals surface area contributed by atoms with Crippen molar-refractivity contribution in [3.8, 4) is 0 Å². The number of hydrogen-bond acceptors (Lipinski definition) is 3. The van der Waals surface area contributed by atoms with Gasteiger partial charge in [-0.1, -0.05) is 32.9 Å². The summed E-state index contributed by atoms with van der Waals surface area (Å²) in [5.41, 5.74) is 2.31. The van der Waals surface area contributed by atoms with Crippen LogP contribution in [-0.2, 0) is 16.5 Å². The van der Waals surface area contributed by atoms with Crippen LogP contribution in [0.4, 0.5) is 5.69 Å². The smallest absolute Gasteiger partial charge is 0.255 e. The Labute approximate surface area is 132 Å². The normalized spacial score (nSPS) is 12.7. The van der Waals surface area contributed by atoms with Gasteiger partial charge in [0.05, 0.1) is 0 Å². The lowest BCUT2D eigenvalue weighted by molar-refractivity contribution is 0.102. The number of benzene rings is 2. The van der Waals surface area contributed by atoms with E-state index in [9.17, 15) is 13.6 Å². The lowest BCUT2D eigenvalue weighted by Gasteiger charge is -2.19. The average molecular weight is 316 g/mol. The summed E-state index contributed by atoms with van der Waals surface area (Å²) in [4.78, 5) is 12.3. The molecule has 0 bridgehead atoms. The van der Waals surface area contributed by atoms with Gasteiger partial charge < -0.3 is 9.87 Å². The molecule has 0 radical (unpaired) electrons. The molecule has 1 unspecified atom stereocenters. The number of amides is 1. The van der Waals surface area contributed by atoms with Crippen molar-refractivity contribution in [2.45, 2.75) is 31.1 Å². The number of carbonyl (C=O) groups is 1. The Kier molecular flexibility index (Phi) is 4.78. The van der Waals surface area contributed by atoms with Gasteiger partial charge in [0.15, 0.2) is 0 Å². The van der Waals surface area contributed by atoms with Crippen LogP contribution in [0, 0.1) is 0 Å². The molecule has 0 spiro atoms. The number of rotatable bonds is 3. The zero-order chi connectivity index (χ0) is 16.3. The quantitative estimate of drug-likeness (QED) is 0.881. The molecule has 0 aromatic heterocycles. The number of nitrogens with one attached hydrogen (secondary N) is 1. The van der Waals surface area contributed by atoms with Crippen LogP contribution in [0.25, 0.3) is 0 Å². The Morgan fingerprint density at radius 3 is 2.00 bits per heavy atom. The van der Waals surface area contributed by atoms with E-state index in [0.29, 0.717) is 11.3 Å². The number of hydrogen-bond donors (Lipinski definition) is 1. The van der Waals surface area contributed by atoms with Gasteiger partial charge in [0, 0.05) is 16.1 Å². The molecule has 1 N–H and O–H groups in total. The molecule has 2 aromatic carbocycles. The summed E-state index contributed by atoms with van der Waals surface area (Å²) in [6.07, 6.45) is 0. The van der Waals surface area contributed by atoms with Crippen LogP contribution in [-0.4, -0.2) is 14.7 Å². The number of carbonyl (C=O) groups excluding carboxylic acids is 1. The third kappa shape index (κ3) is 4.02. The molecular formula is C17H18NO3S-. The highest BCUT2D eigenvalue weighted by Crippen LogP contribution is 2.22. The SMILES string of the molecule is CC(C)(C)c1ccc(C(=O)Nc2ccc(S(=O)[O-])cc2)cc1. The van der Waals surface area contributed by atoms with Gasteiger partial charge in [-0.2, -0.15) is 0 Å². The molecule has 0 saturated heterocycles. The van der Waals surface area contributed by atoms with Crippen molar-refractivity contribution in [1.82, 2.24) is 0 Å². The molecule has 0 saturated carbocycles. The summed E-state index contributed by atoms with van der Waals surface area (Å²) in [6, 6.07) is 13.5. The average Bonchev–Trinajstić information content (AvgIpc) is 2.47. The van der Waals surface area contributed by atoms with Crippen molar-refractivity contribution >= 4 is 22.7 Å². The van der Waals surface area contributed by atoms with Gasteiger partial charge in [-0.3, -0.25) is 9.00 Å². The van der Waals surface area contributed by atoms with Gasteiger partial charge in [0.2, 0.25) is 0 Å². The van der Waals surface area contributed by atoms with Crippen molar-refractivity contribution in [3.63, 3.8) is 0 Å². The molecule has 0 fully saturated rings. The van der Waals surface area contributed by atoms with Crippen molar-refractivity contribution in [1.29, 1.82) is 0 Å². The van der Waals surface area contributed by atoms with E-state index in [2.05, 4.69) is 26.1 Å². The Bertz CT molecular complexity index is 685. The van der Waals surface area contributed by atoms with Crippen LogP contribution >= 0.6 is 0 Å². The highest BCUT2D eigenvalue weighted by Gasteiger charge is 2.14. The summed E-state index contributed by atoms with van der Waals surface area (Å²) in [5, 5.41) is 2.74. The van der Waals surface area contributed by atoms with Crippen molar-refractivity contribution < 1.29 is 13.6 Å². The minimum Gasteiger partial charge on any atom is -0.768 e. The molecule has 0 aliphatic carbocycles. The standard InChI is InChI=1S/C17H19NO3S/c1-17(2,3)13-6-4-12(5-7-13)16(19)18-14-8-10-15(11-9-14)22(20)21/h4-11H,1-3H3,(H,18,19)(H,20,21)/p-1. The van der Waals surface area contributed by atoms with Crippen molar-refractivity contribution in [3.05, 3.63) is 59.7 Å². The first-order valence-corrected chi connectivity index (χ1v) is 7.96. The Morgan fingerprint density at radius 2 is 1.55 bits per heavy atom. The summed E-state index contributed by atoms with van der Waals surface area (Å²) < 4.78 is 21.6. The summed E-state index contributed by atoms with van der Waals surface area (Å²) in [6.45, 7) is 6.34. The van der Waals surface area contributed by atoms with E-state index < -0.39 is 11.1 Å². The molecule has 0 heterocycles. The van der Waals surface area contributed by atoms with E-state index in [1.807, 2.05) is 12.1 Å². The minimum atomic E-state index is -2.26. The van der Waals surface area contributed by atoms with Crippen LogP contribution in [0.5, 0.6) is 0 Å². The van der Waals surface area contributed by atoms with E-state index in [0.717, 1.165) is 5.56 Å². The first kappa shape index (κ1) is 16.4.